The second kappa shape index (κ2) is 10.9. The monoisotopic (exact) mass is 354 g/mol. The van der Waals surface area contributed by atoms with E-state index in [-0.39, 0.29) is 0 Å². The van der Waals surface area contributed by atoms with Crippen molar-refractivity contribution >= 4 is 17.6 Å². The molecule has 138 valence electrons. The van der Waals surface area contributed by atoms with Crippen LogP contribution in [-0.4, -0.2) is 16.9 Å². The van der Waals surface area contributed by atoms with Crippen LogP contribution >= 0.6 is 0 Å². The van der Waals surface area contributed by atoms with Gasteiger partial charge in [-0.3, -0.25) is 15.2 Å². The molecule has 0 saturated heterocycles. The van der Waals surface area contributed by atoms with Crippen molar-refractivity contribution in [1.82, 2.24) is 15.8 Å². The van der Waals surface area contributed by atoms with Gasteiger partial charge in [-0.05, 0) is 42.7 Å². The molecule has 0 aliphatic carbocycles. The van der Waals surface area contributed by atoms with E-state index in [1.54, 1.807) is 12.1 Å². The molecule has 6 heteroatoms. The minimum absolute atomic E-state index is 0.402. The number of urea groups is 1. The van der Waals surface area contributed by atoms with Gasteiger partial charge in [0, 0.05) is 23.6 Å². The number of carbonyl (C=O) groups excluding carboxylic acids is 2. The molecule has 0 unspecified atom stereocenters. The summed E-state index contributed by atoms with van der Waals surface area (Å²) in [6.07, 6.45) is 10.4. The fourth-order valence-electron chi connectivity index (χ4n) is 2.54. The highest BCUT2D eigenvalue weighted by molar-refractivity contribution is 5.96. The van der Waals surface area contributed by atoms with E-state index in [4.69, 9.17) is 0 Å². The zero-order chi connectivity index (χ0) is 18.6. The van der Waals surface area contributed by atoms with Crippen LogP contribution in [0.15, 0.2) is 48.8 Å². The molecule has 0 spiro atoms. The van der Waals surface area contributed by atoms with Gasteiger partial charge in [-0.15, -0.1) is 0 Å². The summed E-state index contributed by atoms with van der Waals surface area (Å²) in [5.74, 6) is -0.402. The number of pyridine rings is 1. The van der Waals surface area contributed by atoms with Crippen LogP contribution in [0.5, 0.6) is 0 Å². The number of benzene rings is 1. The Kier molecular flexibility index (Phi) is 8.12. The molecule has 0 aliphatic heterocycles. The van der Waals surface area contributed by atoms with Gasteiger partial charge in [-0.1, -0.05) is 44.7 Å². The molecular weight excluding hydrogens is 328 g/mol. The van der Waals surface area contributed by atoms with Gasteiger partial charge in [0.05, 0.1) is 0 Å². The maximum Gasteiger partial charge on any atom is 0.337 e. The minimum Gasteiger partial charge on any atom is -0.307 e. The third-order valence-corrected chi connectivity index (χ3v) is 4.01. The second-order valence-electron chi connectivity index (χ2n) is 6.13. The number of hydrogen-bond donors (Lipinski definition) is 3. The number of hydrogen-bond acceptors (Lipinski definition) is 3. The molecule has 0 saturated carbocycles. The predicted molar refractivity (Wildman–Crippen MR) is 103 cm³/mol. The summed E-state index contributed by atoms with van der Waals surface area (Å²) < 4.78 is 0. The van der Waals surface area contributed by atoms with Crippen LogP contribution in [0.2, 0.25) is 0 Å². The molecule has 2 rings (SSSR count). The molecule has 0 aliphatic rings. The molecule has 0 fully saturated rings. The Bertz CT molecular complexity index is 687. The van der Waals surface area contributed by atoms with Crippen LogP contribution in [0.25, 0.3) is 0 Å². The van der Waals surface area contributed by atoms with Crippen LogP contribution in [-0.2, 0) is 6.42 Å². The summed E-state index contributed by atoms with van der Waals surface area (Å²) >= 11 is 0. The van der Waals surface area contributed by atoms with Gasteiger partial charge in [0.15, 0.2) is 0 Å². The first-order valence-electron chi connectivity index (χ1n) is 9.05. The van der Waals surface area contributed by atoms with E-state index in [1.165, 1.54) is 50.1 Å². The second-order valence-corrected chi connectivity index (χ2v) is 6.13. The predicted octanol–water partition coefficient (Wildman–Crippen LogP) is 4.06. The van der Waals surface area contributed by atoms with Crippen molar-refractivity contribution in [2.24, 2.45) is 0 Å². The zero-order valence-electron chi connectivity index (χ0n) is 15.1. The van der Waals surface area contributed by atoms with E-state index in [0.29, 0.717) is 11.3 Å². The van der Waals surface area contributed by atoms with Crippen LogP contribution in [0.3, 0.4) is 0 Å². The largest absolute Gasteiger partial charge is 0.337 e. The maximum atomic E-state index is 11.9. The number of nitrogens with one attached hydrogen (secondary N) is 3. The number of anilines is 1. The minimum atomic E-state index is -0.500. The van der Waals surface area contributed by atoms with Crippen LogP contribution in [0.4, 0.5) is 10.5 Å². The standard InChI is InChI=1S/C20H26N4O2/c1-2-3-4-5-6-7-16-8-10-18(11-9-16)22-20(26)24-23-19(25)17-12-14-21-15-13-17/h8-15H,2-7H2,1H3,(H,23,25)(H2,22,24,26). The molecule has 0 radical (unpaired) electrons. The molecule has 0 atom stereocenters. The lowest BCUT2D eigenvalue weighted by molar-refractivity contribution is 0.0938. The molecular formula is C20H26N4O2. The third kappa shape index (κ3) is 6.93. The Hall–Kier alpha value is -2.89. The summed E-state index contributed by atoms with van der Waals surface area (Å²) in [6.45, 7) is 2.21. The van der Waals surface area contributed by atoms with E-state index in [2.05, 4.69) is 28.1 Å². The van der Waals surface area contributed by atoms with Crippen LogP contribution < -0.4 is 16.2 Å². The topological polar surface area (TPSA) is 83.1 Å². The van der Waals surface area contributed by atoms with E-state index < -0.39 is 11.9 Å². The molecule has 1 heterocycles. The first-order chi connectivity index (χ1) is 12.7. The zero-order valence-corrected chi connectivity index (χ0v) is 15.1. The number of rotatable bonds is 8. The lowest BCUT2D eigenvalue weighted by Crippen LogP contribution is -2.43. The van der Waals surface area contributed by atoms with Gasteiger partial charge >= 0.3 is 6.03 Å². The molecule has 2 aromatic rings. The molecule has 0 bridgehead atoms. The van der Waals surface area contributed by atoms with Crippen molar-refractivity contribution in [3.63, 3.8) is 0 Å². The lowest BCUT2D eigenvalue weighted by atomic mass is 10.1. The molecule has 6 nitrogen and oxygen atoms in total. The fourth-order valence-corrected chi connectivity index (χ4v) is 2.54. The summed E-state index contributed by atoms with van der Waals surface area (Å²) in [7, 11) is 0. The van der Waals surface area contributed by atoms with Gasteiger partial charge in [0.25, 0.3) is 5.91 Å². The lowest BCUT2D eigenvalue weighted by Gasteiger charge is -2.09. The molecule has 3 N–H and O–H groups in total. The number of carbonyl (C=O) groups is 2. The Morgan fingerprint density at radius 2 is 1.58 bits per heavy atom. The van der Waals surface area contributed by atoms with E-state index in [9.17, 15) is 9.59 Å². The smallest absolute Gasteiger partial charge is 0.307 e. The van der Waals surface area contributed by atoms with Gasteiger partial charge in [0.1, 0.15) is 0 Å². The van der Waals surface area contributed by atoms with Gasteiger partial charge in [-0.25, -0.2) is 10.2 Å². The number of hydrazine groups is 1. The van der Waals surface area contributed by atoms with Crippen molar-refractivity contribution in [3.05, 3.63) is 59.9 Å². The van der Waals surface area contributed by atoms with Gasteiger partial charge in [-0.2, -0.15) is 0 Å². The number of unbranched alkanes of at least 4 members (excludes halogenated alkanes) is 4. The molecule has 3 amide bonds. The number of aromatic nitrogens is 1. The van der Waals surface area contributed by atoms with Crippen LogP contribution in [0.1, 0.15) is 54.9 Å². The Balaban J connectivity index is 1.71. The van der Waals surface area contributed by atoms with Crippen LogP contribution in [0, 0.1) is 0 Å². The number of nitrogens with zero attached hydrogens (tertiary/aromatic N) is 1. The average molecular weight is 354 g/mol. The maximum absolute atomic E-state index is 11.9. The first kappa shape index (κ1) is 19.4. The van der Waals surface area contributed by atoms with E-state index in [0.717, 1.165) is 6.42 Å². The number of amides is 3. The Morgan fingerprint density at radius 1 is 0.885 bits per heavy atom. The first-order valence-corrected chi connectivity index (χ1v) is 9.05. The van der Waals surface area contributed by atoms with E-state index in [1.807, 2.05) is 24.3 Å². The Morgan fingerprint density at radius 3 is 2.27 bits per heavy atom. The highest BCUT2D eigenvalue weighted by Gasteiger charge is 2.07. The van der Waals surface area contributed by atoms with Crippen molar-refractivity contribution in [3.8, 4) is 0 Å². The summed E-state index contributed by atoms with van der Waals surface area (Å²) in [5.41, 5.74) is 7.03. The van der Waals surface area contributed by atoms with Crippen molar-refractivity contribution in [2.45, 2.75) is 45.4 Å². The molecule has 26 heavy (non-hydrogen) atoms. The van der Waals surface area contributed by atoms with Crippen molar-refractivity contribution in [2.75, 3.05) is 5.32 Å². The van der Waals surface area contributed by atoms with Gasteiger partial charge in [0.2, 0.25) is 0 Å². The Labute approximate surface area is 154 Å². The fraction of sp³-hybridized carbons (Fsp3) is 0.350. The number of aryl methyl sites for hydroxylation is 1. The highest BCUT2D eigenvalue weighted by atomic mass is 16.2. The average Bonchev–Trinajstić information content (AvgIpc) is 2.68. The van der Waals surface area contributed by atoms with Crippen molar-refractivity contribution < 1.29 is 9.59 Å². The van der Waals surface area contributed by atoms with Crippen molar-refractivity contribution in [1.29, 1.82) is 0 Å². The summed E-state index contributed by atoms with van der Waals surface area (Å²) in [4.78, 5) is 27.5. The molecule has 1 aromatic carbocycles. The van der Waals surface area contributed by atoms with Gasteiger partial charge < -0.3 is 5.32 Å². The van der Waals surface area contributed by atoms with E-state index >= 15 is 0 Å². The SMILES string of the molecule is CCCCCCCc1ccc(NC(=O)NNC(=O)c2ccncc2)cc1. The quantitative estimate of drug-likeness (QED) is 0.494. The summed E-state index contributed by atoms with van der Waals surface area (Å²) in [6, 6.07) is 10.4. The third-order valence-electron chi connectivity index (χ3n) is 4.01. The normalized spacial score (nSPS) is 10.2. The summed E-state index contributed by atoms with van der Waals surface area (Å²) in [5, 5.41) is 2.68. The molecule has 1 aromatic heterocycles. The highest BCUT2D eigenvalue weighted by Crippen LogP contribution is 2.13.